The van der Waals surface area contributed by atoms with E-state index in [0.717, 1.165) is 47.8 Å². The number of anilines is 1. The van der Waals surface area contributed by atoms with Gasteiger partial charge in [-0.1, -0.05) is 35.7 Å². The van der Waals surface area contributed by atoms with Crippen molar-refractivity contribution in [1.82, 2.24) is 14.5 Å². The molecule has 2 aromatic heterocycles. The predicted molar refractivity (Wildman–Crippen MR) is 164 cm³/mol. The van der Waals surface area contributed by atoms with Crippen LogP contribution in [-0.4, -0.2) is 60.6 Å². The van der Waals surface area contributed by atoms with Crippen LogP contribution in [0.4, 0.5) is 5.69 Å². The van der Waals surface area contributed by atoms with E-state index in [-0.39, 0.29) is 21.3 Å². The zero-order valence-electron chi connectivity index (χ0n) is 22.0. The summed E-state index contributed by atoms with van der Waals surface area (Å²) in [6.07, 6.45) is 3.55. The number of sulfone groups is 1. The van der Waals surface area contributed by atoms with Gasteiger partial charge in [0.2, 0.25) is 0 Å². The van der Waals surface area contributed by atoms with E-state index in [1.54, 1.807) is 24.3 Å². The number of piperidine rings is 1. The van der Waals surface area contributed by atoms with Crippen LogP contribution in [0.5, 0.6) is 0 Å². The van der Waals surface area contributed by atoms with Gasteiger partial charge in [0.05, 0.1) is 25.9 Å². The minimum atomic E-state index is -3.81. The average molecular weight is 636 g/mol. The molecule has 3 heterocycles. The van der Waals surface area contributed by atoms with Crippen LogP contribution in [0, 0.1) is 0 Å². The predicted octanol–water partition coefficient (Wildman–Crippen LogP) is 4.53. The maximum absolute atomic E-state index is 13.3. The molecule has 1 aliphatic heterocycles. The second-order valence-corrected chi connectivity index (χ2v) is 14.3. The van der Waals surface area contributed by atoms with Gasteiger partial charge in [0.15, 0.2) is 15.6 Å². The van der Waals surface area contributed by atoms with Gasteiger partial charge in [0.1, 0.15) is 9.96 Å². The minimum Gasteiger partial charge on any atom is -0.384 e. The quantitative estimate of drug-likeness (QED) is 0.263. The second kappa shape index (κ2) is 12.5. The Balaban J connectivity index is 1.31. The first-order chi connectivity index (χ1) is 19.6. The summed E-state index contributed by atoms with van der Waals surface area (Å²) >= 11 is 13.2. The summed E-state index contributed by atoms with van der Waals surface area (Å²) in [5.74, 6) is -1.21. The van der Waals surface area contributed by atoms with Gasteiger partial charge in [-0.25, -0.2) is 17.8 Å². The first kappa shape index (κ1) is 29.5. The molecule has 0 bridgehead atoms. The lowest BCUT2D eigenvalue weighted by Gasteiger charge is -2.26. The van der Waals surface area contributed by atoms with Crippen LogP contribution >= 0.6 is 34.5 Å². The highest BCUT2D eigenvalue weighted by Crippen LogP contribution is 2.27. The van der Waals surface area contributed by atoms with E-state index in [2.05, 4.69) is 15.2 Å². The van der Waals surface area contributed by atoms with E-state index < -0.39 is 32.6 Å². The fourth-order valence-electron chi connectivity index (χ4n) is 4.96. The molecule has 1 fully saturated rings. The Kier molecular flexibility index (Phi) is 9.00. The molecule has 0 aliphatic carbocycles. The molecule has 2 aromatic carbocycles. The SMILES string of the molecule is O=C(Cc1ccc(-n2c(=O)[nH]c3cc(NCCN4CCCCC4)ccc3c2=O)c(Cl)c1)CS(=O)(=O)c1ccc(Cl)s1. The van der Waals surface area contributed by atoms with Crippen molar-refractivity contribution in [2.45, 2.75) is 29.9 Å². The summed E-state index contributed by atoms with van der Waals surface area (Å²) in [5, 5.41) is 3.76. The van der Waals surface area contributed by atoms with Crippen LogP contribution in [0.3, 0.4) is 0 Å². The number of carbonyl (C=O) groups is 1. The number of likely N-dealkylation sites (tertiary alicyclic amines) is 1. The first-order valence-electron chi connectivity index (χ1n) is 13.1. The van der Waals surface area contributed by atoms with Crippen molar-refractivity contribution in [3.8, 4) is 5.69 Å². The molecule has 4 aromatic rings. The van der Waals surface area contributed by atoms with Crippen molar-refractivity contribution in [3.05, 3.63) is 84.3 Å². The first-order valence-corrected chi connectivity index (χ1v) is 16.4. The van der Waals surface area contributed by atoms with E-state index in [0.29, 0.717) is 20.8 Å². The van der Waals surface area contributed by atoms with Crippen LogP contribution in [0.15, 0.2) is 62.3 Å². The Hall–Kier alpha value is -2.96. The number of fused-ring (bicyclic) bond motifs is 1. The smallest absolute Gasteiger partial charge is 0.333 e. The number of carbonyl (C=O) groups excluding carboxylic acids is 1. The van der Waals surface area contributed by atoms with Crippen molar-refractivity contribution in [1.29, 1.82) is 0 Å². The molecule has 1 saturated heterocycles. The van der Waals surface area contributed by atoms with Crippen LogP contribution in [0.2, 0.25) is 9.36 Å². The Morgan fingerprint density at radius 1 is 1.00 bits per heavy atom. The summed E-state index contributed by atoms with van der Waals surface area (Å²) in [7, 11) is -3.81. The summed E-state index contributed by atoms with van der Waals surface area (Å²) in [5.41, 5.74) is 0.632. The van der Waals surface area contributed by atoms with Crippen molar-refractivity contribution < 1.29 is 13.2 Å². The molecule has 2 N–H and O–H groups in total. The molecule has 0 atom stereocenters. The number of ketones is 1. The molecule has 0 radical (unpaired) electrons. The number of H-pyrrole nitrogens is 1. The highest BCUT2D eigenvalue weighted by molar-refractivity contribution is 7.94. The van der Waals surface area contributed by atoms with Gasteiger partial charge in [-0.05, 0) is 74.0 Å². The van der Waals surface area contributed by atoms with E-state index in [9.17, 15) is 22.8 Å². The van der Waals surface area contributed by atoms with Gasteiger partial charge in [0, 0.05) is 25.2 Å². The number of thiophene rings is 1. The average Bonchev–Trinajstić information content (AvgIpc) is 3.37. The highest BCUT2D eigenvalue weighted by atomic mass is 35.5. The Morgan fingerprint density at radius 3 is 2.49 bits per heavy atom. The number of nitrogens with zero attached hydrogens (tertiary/aromatic N) is 2. The summed E-state index contributed by atoms with van der Waals surface area (Å²) in [6, 6.07) is 12.5. The van der Waals surface area contributed by atoms with Gasteiger partial charge in [-0.15, -0.1) is 11.3 Å². The maximum atomic E-state index is 13.3. The molecule has 1 aliphatic rings. The number of aromatic amines is 1. The lowest BCUT2D eigenvalue weighted by Crippen LogP contribution is -2.34. The molecule has 0 unspecified atom stereocenters. The maximum Gasteiger partial charge on any atom is 0.333 e. The Bertz CT molecular complexity index is 1830. The molecule has 216 valence electrons. The van der Waals surface area contributed by atoms with Crippen molar-refractivity contribution in [2.75, 3.05) is 37.2 Å². The lowest BCUT2D eigenvalue weighted by atomic mass is 10.1. The molecule has 0 spiro atoms. The fraction of sp³-hybridized carbons (Fsp3) is 0.321. The third-order valence-corrected chi connectivity index (χ3v) is 10.8. The normalized spacial score (nSPS) is 14.4. The topological polar surface area (TPSA) is 121 Å². The summed E-state index contributed by atoms with van der Waals surface area (Å²) in [4.78, 5) is 44.0. The van der Waals surface area contributed by atoms with Crippen molar-refractivity contribution >= 4 is 66.7 Å². The standard InChI is InChI=1S/C28H28Cl2N4O5S2/c29-22-15-18(14-20(35)17-41(38,39)26-9-8-25(30)40-26)4-7-24(22)34-27(36)21-6-5-19(16-23(21)32-28(34)37)31-10-13-33-11-2-1-3-12-33/h4-9,15-16,31H,1-3,10-14,17H2,(H,32,37). The molecule has 0 saturated carbocycles. The number of hydrogen-bond acceptors (Lipinski definition) is 8. The van der Waals surface area contributed by atoms with E-state index in [4.69, 9.17) is 23.2 Å². The molecular weight excluding hydrogens is 607 g/mol. The third kappa shape index (κ3) is 6.92. The molecule has 5 rings (SSSR count). The van der Waals surface area contributed by atoms with Crippen LogP contribution in [-0.2, 0) is 21.1 Å². The highest BCUT2D eigenvalue weighted by Gasteiger charge is 2.22. The molecular formula is C28H28Cl2N4O5S2. The van der Waals surface area contributed by atoms with Gasteiger partial charge in [0.25, 0.3) is 5.56 Å². The Morgan fingerprint density at radius 2 is 1.78 bits per heavy atom. The molecule has 9 nitrogen and oxygen atoms in total. The number of rotatable bonds is 10. The molecule has 41 heavy (non-hydrogen) atoms. The zero-order valence-corrected chi connectivity index (χ0v) is 25.1. The van der Waals surface area contributed by atoms with Gasteiger partial charge in [-0.3, -0.25) is 9.59 Å². The number of aromatic nitrogens is 2. The number of hydrogen-bond donors (Lipinski definition) is 2. The van der Waals surface area contributed by atoms with Gasteiger partial charge < -0.3 is 15.2 Å². The Labute approximate surface area is 250 Å². The molecule has 13 heteroatoms. The van der Waals surface area contributed by atoms with E-state index in [1.807, 2.05) is 0 Å². The van der Waals surface area contributed by atoms with E-state index in [1.165, 1.54) is 43.5 Å². The second-order valence-electron chi connectivity index (χ2n) is 9.98. The van der Waals surface area contributed by atoms with Crippen molar-refractivity contribution in [3.63, 3.8) is 0 Å². The summed E-state index contributed by atoms with van der Waals surface area (Å²) < 4.78 is 26.3. The van der Waals surface area contributed by atoms with Crippen LogP contribution in [0.1, 0.15) is 24.8 Å². The van der Waals surface area contributed by atoms with Gasteiger partial charge >= 0.3 is 5.69 Å². The van der Waals surface area contributed by atoms with Crippen LogP contribution in [0.25, 0.3) is 16.6 Å². The monoisotopic (exact) mass is 634 g/mol. The lowest BCUT2D eigenvalue weighted by molar-refractivity contribution is -0.116. The van der Waals surface area contributed by atoms with E-state index >= 15 is 0 Å². The third-order valence-electron chi connectivity index (χ3n) is 6.96. The van der Waals surface area contributed by atoms with Gasteiger partial charge in [-0.2, -0.15) is 0 Å². The minimum absolute atomic E-state index is 0.0273. The number of Topliss-reactive ketones (excluding diaryl/α,β-unsaturated/α-hetero) is 1. The van der Waals surface area contributed by atoms with Crippen molar-refractivity contribution in [2.24, 2.45) is 0 Å². The molecule has 0 amide bonds. The largest absolute Gasteiger partial charge is 0.384 e. The zero-order chi connectivity index (χ0) is 29.1. The summed E-state index contributed by atoms with van der Waals surface area (Å²) in [6.45, 7) is 3.90. The number of halogens is 2. The number of nitrogens with one attached hydrogen (secondary N) is 2. The van der Waals surface area contributed by atoms with Crippen LogP contribution < -0.4 is 16.6 Å². The fourth-order valence-corrected chi connectivity index (χ4v) is 8.06. The number of benzene rings is 2.